The van der Waals surface area contributed by atoms with E-state index in [4.69, 9.17) is 10.2 Å². The van der Waals surface area contributed by atoms with Crippen molar-refractivity contribution >= 4 is 44.9 Å². The molecule has 2 aromatic rings. The van der Waals surface area contributed by atoms with Crippen LogP contribution in [0.4, 0.5) is 0 Å². The molecule has 0 saturated heterocycles. The third kappa shape index (κ3) is 13.9. The number of nitrogens with one attached hydrogen (secondary N) is 2. The van der Waals surface area contributed by atoms with Gasteiger partial charge in [-0.25, -0.2) is 0 Å². The molecule has 0 aromatic heterocycles. The second kappa shape index (κ2) is 16.1. The Morgan fingerprint density at radius 3 is 1.21 bits per heavy atom. The van der Waals surface area contributed by atoms with E-state index in [-0.39, 0.29) is 46.0 Å². The van der Waals surface area contributed by atoms with Crippen molar-refractivity contribution in [1.29, 1.82) is 0 Å². The van der Waals surface area contributed by atoms with Crippen molar-refractivity contribution in [1.82, 2.24) is 10.6 Å². The van der Waals surface area contributed by atoms with Gasteiger partial charge in [0.25, 0.3) is 11.8 Å². The van der Waals surface area contributed by atoms with Crippen LogP contribution < -0.4 is 10.6 Å². The van der Waals surface area contributed by atoms with E-state index >= 15 is 0 Å². The topological polar surface area (TPSA) is 133 Å². The zero-order valence-corrected chi connectivity index (χ0v) is 19.1. The number of amides is 2. The summed E-state index contributed by atoms with van der Waals surface area (Å²) in [6, 6.07) is 16.9. The molecule has 2 aromatic carbocycles. The average molecular weight is 507 g/mol. The second-order valence-electron chi connectivity index (χ2n) is 5.38. The van der Waals surface area contributed by atoms with Crippen LogP contribution in [0, 0.1) is 0 Å². The van der Waals surface area contributed by atoms with E-state index in [1.165, 1.54) is 0 Å². The number of carboxylic acids is 2. The quantitative estimate of drug-likeness (QED) is 0.441. The fourth-order valence-corrected chi connectivity index (χ4v) is 1.69. The molecule has 8 nitrogen and oxygen atoms in total. The molecule has 4 N–H and O–H groups in total. The molecule has 154 valence electrons. The molecule has 0 aliphatic heterocycles. The van der Waals surface area contributed by atoms with Gasteiger partial charge in [0, 0.05) is 11.1 Å². The summed E-state index contributed by atoms with van der Waals surface area (Å²) in [5, 5.41) is 21.1. The summed E-state index contributed by atoms with van der Waals surface area (Å²) in [5.74, 6) is -2.85. The van der Waals surface area contributed by atoms with Gasteiger partial charge in [0.1, 0.15) is 13.1 Å². The minimum atomic E-state index is -1.05. The molecule has 0 saturated carbocycles. The van der Waals surface area contributed by atoms with Crippen LogP contribution in [0.1, 0.15) is 20.7 Å². The molecule has 9 heteroatoms. The number of aliphatic carboxylic acids is 2. The van der Waals surface area contributed by atoms with Gasteiger partial charge in [0.2, 0.25) is 0 Å². The fourth-order valence-electron chi connectivity index (χ4n) is 1.69. The van der Waals surface area contributed by atoms with E-state index in [0.29, 0.717) is 11.1 Å². The molecular formula is C20H24N2O6Sn. The monoisotopic (exact) mass is 508 g/mol. The molecule has 0 bridgehead atoms. The van der Waals surface area contributed by atoms with Gasteiger partial charge in [-0.2, -0.15) is 0 Å². The number of hydrogen-bond acceptors (Lipinski definition) is 4. The minimum absolute atomic E-state index is 0.230. The van der Waals surface area contributed by atoms with Gasteiger partial charge in [-0.3, -0.25) is 19.2 Å². The molecular weight excluding hydrogens is 483 g/mol. The molecule has 0 aliphatic carbocycles. The van der Waals surface area contributed by atoms with Crippen LogP contribution >= 0.6 is 0 Å². The fraction of sp³-hybridized carbons (Fsp3) is 0.200. The van der Waals surface area contributed by atoms with E-state index in [1.807, 2.05) is 0 Å². The van der Waals surface area contributed by atoms with Gasteiger partial charge in [0.05, 0.1) is 0 Å². The first-order valence-corrected chi connectivity index (χ1v) is 14.2. The normalized spacial score (nSPS) is 8.90. The SMILES string of the molecule is O=C(O)CNC(=O)c1ccccc1.O=C(O)CNC(=O)c1ccccc1.[CH3][Sn][CH3]. The predicted molar refractivity (Wildman–Crippen MR) is 110 cm³/mol. The maximum absolute atomic E-state index is 11.2. The van der Waals surface area contributed by atoms with Crippen LogP contribution in [0.15, 0.2) is 60.7 Å². The van der Waals surface area contributed by atoms with Gasteiger partial charge in [-0.1, -0.05) is 36.4 Å². The first kappa shape index (κ1) is 26.1. The number of carboxylic acid groups (broad SMARTS) is 2. The van der Waals surface area contributed by atoms with Gasteiger partial charge in [0.15, 0.2) is 0 Å². The first-order valence-electron chi connectivity index (χ1n) is 8.50. The number of carbonyl (C=O) groups excluding carboxylic acids is 2. The van der Waals surface area contributed by atoms with E-state index < -0.39 is 11.9 Å². The molecule has 2 rings (SSSR count). The maximum atomic E-state index is 11.2. The van der Waals surface area contributed by atoms with Crippen LogP contribution in [0.3, 0.4) is 0 Å². The Bertz CT molecular complexity index is 704. The number of rotatable bonds is 6. The van der Waals surface area contributed by atoms with Gasteiger partial charge >= 0.3 is 43.0 Å². The summed E-state index contributed by atoms with van der Waals surface area (Å²) in [4.78, 5) is 47.2. The Labute approximate surface area is 179 Å². The number of benzene rings is 2. The molecule has 2 amide bonds. The van der Waals surface area contributed by atoms with Crippen molar-refractivity contribution in [3.05, 3.63) is 71.8 Å². The standard InChI is InChI=1S/2C9H9NO3.2CH3.Sn/c2*11-8(12)6-10-9(13)7-4-2-1-3-5-7;;;/h2*1-5H,6H2,(H,10,13)(H,11,12);2*1H3;. The van der Waals surface area contributed by atoms with Crippen LogP contribution in [0.25, 0.3) is 0 Å². The van der Waals surface area contributed by atoms with Crippen molar-refractivity contribution < 1.29 is 29.4 Å². The summed E-state index contributed by atoms with van der Waals surface area (Å²) in [7, 11) is 0. The molecule has 2 radical (unpaired) electrons. The number of hydrogen-bond donors (Lipinski definition) is 4. The zero-order chi connectivity index (χ0) is 22.1. The summed E-state index contributed by atoms with van der Waals surface area (Å²) in [6.45, 7) is -0.707. The van der Waals surface area contributed by atoms with Crippen molar-refractivity contribution in [3.8, 4) is 0 Å². The van der Waals surface area contributed by atoms with Gasteiger partial charge < -0.3 is 20.8 Å². The van der Waals surface area contributed by atoms with E-state index in [9.17, 15) is 19.2 Å². The third-order valence-electron chi connectivity index (χ3n) is 2.87. The molecule has 0 heterocycles. The Kier molecular flexibility index (Phi) is 14.5. The molecule has 0 fully saturated rings. The van der Waals surface area contributed by atoms with E-state index in [1.54, 1.807) is 60.7 Å². The molecule has 0 spiro atoms. The molecule has 0 atom stereocenters. The van der Waals surface area contributed by atoms with Crippen LogP contribution in [-0.4, -0.2) is 68.2 Å². The van der Waals surface area contributed by atoms with Crippen LogP contribution in [0.5, 0.6) is 0 Å². The summed E-state index contributed by atoms with van der Waals surface area (Å²) in [5.41, 5.74) is 0.924. The molecule has 29 heavy (non-hydrogen) atoms. The Balaban J connectivity index is 0.000000477. The van der Waals surface area contributed by atoms with Crippen molar-refractivity contribution in [2.75, 3.05) is 13.1 Å². The Morgan fingerprint density at radius 1 is 0.690 bits per heavy atom. The average Bonchev–Trinajstić information content (AvgIpc) is 2.72. The molecule has 0 unspecified atom stereocenters. The Hall–Kier alpha value is -2.88. The van der Waals surface area contributed by atoms with Crippen LogP contribution in [-0.2, 0) is 9.59 Å². The van der Waals surface area contributed by atoms with Gasteiger partial charge in [-0.15, -0.1) is 0 Å². The first-order chi connectivity index (χ1) is 13.8. The third-order valence-corrected chi connectivity index (χ3v) is 2.87. The van der Waals surface area contributed by atoms with Gasteiger partial charge in [-0.05, 0) is 24.3 Å². The number of carbonyl (C=O) groups is 4. The second-order valence-corrected chi connectivity index (χ2v) is 8.24. The van der Waals surface area contributed by atoms with Crippen molar-refractivity contribution in [2.24, 2.45) is 0 Å². The predicted octanol–water partition coefficient (Wildman–Crippen LogP) is 1.79. The summed E-state index contributed by atoms with van der Waals surface area (Å²) in [6.07, 6.45) is 0. The van der Waals surface area contributed by atoms with Crippen molar-refractivity contribution in [3.63, 3.8) is 0 Å². The molecule has 0 aliphatic rings. The van der Waals surface area contributed by atoms with Crippen molar-refractivity contribution in [2.45, 2.75) is 9.88 Å². The summed E-state index contributed by atoms with van der Waals surface area (Å²) < 4.78 is 0. The summed E-state index contributed by atoms with van der Waals surface area (Å²) >= 11 is 0.230. The van der Waals surface area contributed by atoms with E-state index in [2.05, 4.69) is 20.5 Å². The zero-order valence-electron chi connectivity index (χ0n) is 16.2. The van der Waals surface area contributed by atoms with Crippen LogP contribution in [0.2, 0.25) is 9.88 Å². The van der Waals surface area contributed by atoms with E-state index in [0.717, 1.165) is 0 Å². The Morgan fingerprint density at radius 2 is 0.966 bits per heavy atom.